The fourth-order valence-corrected chi connectivity index (χ4v) is 5.45. The van der Waals surface area contributed by atoms with Gasteiger partial charge >= 0.3 is 6.09 Å². The second kappa shape index (κ2) is 8.09. The number of carbonyl (C=O) groups is 2. The van der Waals surface area contributed by atoms with E-state index in [0.717, 1.165) is 0 Å². The van der Waals surface area contributed by atoms with Crippen LogP contribution in [0.3, 0.4) is 0 Å². The third-order valence-corrected chi connectivity index (χ3v) is 11.0. The Kier molecular flexibility index (Phi) is 6.14. The van der Waals surface area contributed by atoms with Gasteiger partial charge in [0.25, 0.3) is 0 Å². The van der Waals surface area contributed by atoms with Crippen LogP contribution in [0.25, 0.3) is 0 Å². The molecule has 2 saturated heterocycles. The number of hydrogen-bond donors (Lipinski definition) is 1. The first-order valence-corrected chi connectivity index (χ1v) is 13.6. The van der Waals surface area contributed by atoms with Crippen molar-refractivity contribution in [3.05, 3.63) is 24.0 Å². The van der Waals surface area contributed by atoms with Crippen LogP contribution in [0.1, 0.15) is 34.6 Å². The van der Waals surface area contributed by atoms with Crippen molar-refractivity contribution in [1.29, 1.82) is 0 Å². The Bertz CT molecular complexity index is 865. The van der Waals surface area contributed by atoms with E-state index in [1.807, 2.05) is 4.90 Å². The van der Waals surface area contributed by atoms with Crippen LogP contribution in [0.5, 0.6) is 0 Å². The molecule has 1 aromatic carbocycles. The van der Waals surface area contributed by atoms with E-state index < -0.39 is 20.5 Å². The summed E-state index contributed by atoms with van der Waals surface area (Å²) in [6, 6.07) is 4.79. The molecule has 2 fully saturated rings. The van der Waals surface area contributed by atoms with Crippen LogP contribution in [0.2, 0.25) is 18.1 Å². The molecule has 0 saturated carbocycles. The van der Waals surface area contributed by atoms with Crippen molar-refractivity contribution in [2.45, 2.75) is 64.5 Å². The number of anilines is 2. The van der Waals surface area contributed by atoms with Crippen LogP contribution < -0.4 is 15.1 Å². The van der Waals surface area contributed by atoms with Crippen molar-refractivity contribution in [3.63, 3.8) is 0 Å². The number of rotatable bonds is 6. The maximum Gasteiger partial charge on any atom is 0.414 e. The highest BCUT2D eigenvalue weighted by molar-refractivity contribution is 6.74. The molecule has 0 radical (unpaired) electrons. The van der Waals surface area contributed by atoms with E-state index in [-0.39, 0.29) is 35.5 Å². The molecule has 1 N–H and O–H groups in total. The molecular weight excluding hydrogens is 417 g/mol. The van der Waals surface area contributed by atoms with Crippen molar-refractivity contribution >= 4 is 31.7 Å². The molecule has 2 heterocycles. The normalized spacial score (nSPS) is 21.0. The van der Waals surface area contributed by atoms with Crippen molar-refractivity contribution in [2.24, 2.45) is 0 Å². The van der Waals surface area contributed by atoms with Gasteiger partial charge in [-0.15, -0.1) is 0 Å². The van der Waals surface area contributed by atoms with E-state index in [1.54, 1.807) is 12.1 Å². The van der Waals surface area contributed by atoms with Gasteiger partial charge in [-0.25, -0.2) is 9.18 Å². The van der Waals surface area contributed by atoms with Crippen LogP contribution in [-0.4, -0.2) is 58.2 Å². The summed E-state index contributed by atoms with van der Waals surface area (Å²) < 4.78 is 26.7. The molecule has 0 unspecified atom stereocenters. The maximum absolute atomic E-state index is 14.9. The molecular formula is C22H34FN3O4Si. The summed E-state index contributed by atoms with van der Waals surface area (Å²) in [5, 5.41) is 2.75. The van der Waals surface area contributed by atoms with Crippen molar-refractivity contribution < 1.29 is 23.1 Å². The summed E-state index contributed by atoms with van der Waals surface area (Å²) in [5.74, 6) is -0.575. The van der Waals surface area contributed by atoms with E-state index in [1.165, 1.54) is 17.9 Å². The van der Waals surface area contributed by atoms with Gasteiger partial charge in [-0.05, 0) is 43.3 Å². The molecule has 1 atom stereocenters. The Morgan fingerprint density at radius 2 is 2.00 bits per heavy atom. The monoisotopic (exact) mass is 451 g/mol. The summed E-state index contributed by atoms with van der Waals surface area (Å²) in [7, 11) is -1.91. The molecule has 0 aliphatic carbocycles. The zero-order valence-electron chi connectivity index (χ0n) is 19.5. The Balaban J connectivity index is 1.64. The summed E-state index contributed by atoms with van der Waals surface area (Å²) in [5.41, 5.74) is 0.656. The van der Waals surface area contributed by atoms with E-state index in [4.69, 9.17) is 9.16 Å². The number of hydrogen-bond acceptors (Lipinski definition) is 5. The molecule has 2 aliphatic heterocycles. The van der Waals surface area contributed by atoms with Gasteiger partial charge in [-0.2, -0.15) is 0 Å². The molecule has 0 spiro atoms. The molecule has 31 heavy (non-hydrogen) atoms. The number of benzene rings is 1. The minimum Gasteiger partial charge on any atom is -0.442 e. The quantitative estimate of drug-likeness (QED) is 0.665. The first-order chi connectivity index (χ1) is 14.2. The van der Waals surface area contributed by atoms with Crippen molar-refractivity contribution in [1.82, 2.24) is 5.32 Å². The lowest BCUT2D eigenvalue weighted by atomic mass is 9.96. The first kappa shape index (κ1) is 23.5. The van der Waals surface area contributed by atoms with Gasteiger partial charge in [0.1, 0.15) is 11.9 Å². The lowest BCUT2D eigenvalue weighted by Crippen LogP contribution is -2.66. The predicted octanol–water partition coefficient (Wildman–Crippen LogP) is 3.89. The third-order valence-electron chi connectivity index (χ3n) is 6.39. The summed E-state index contributed by atoms with van der Waals surface area (Å²) in [4.78, 5) is 26.6. The Hall–Kier alpha value is -2.13. The first-order valence-electron chi connectivity index (χ1n) is 10.7. The molecule has 1 aromatic rings. The molecule has 3 rings (SSSR count). The van der Waals surface area contributed by atoms with Crippen LogP contribution >= 0.6 is 0 Å². The van der Waals surface area contributed by atoms with Crippen molar-refractivity contribution in [2.75, 3.05) is 36.0 Å². The highest BCUT2D eigenvalue weighted by Gasteiger charge is 2.48. The zero-order valence-corrected chi connectivity index (χ0v) is 20.5. The van der Waals surface area contributed by atoms with Crippen LogP contribution in [-0.2, 0) is 14.0 Å². The van der Waals surface area contributed by atoms with Gasteiger partial charge in [-0.1, -0.05) is 20.8 Å². The number of nitrogens with zero attached hydrogens (tertiary/aromatic N) is 2. The van der Waals surface area contributed by atoms with Gasteiger partial charge in [0.05, 0.1) is 30.1 Å². The van der Waals surface area contributed by atoms with Gasteiger partial charge in [0, 0.05) is 20.0 Å². The number of carbonyl (C=O) groups excluding carboxylic acids is 2. The minimum atomic E-state index is -1.91. The van der Waals surface area contributed by atoms with Gasteiger partial charge in [-0.3, -0.25) is 9.69 Å². The number of amides is 2. The molecule has 2 amide bonds. The Morgan fingerprint density at radius 1 is 1.35 bits per heavy atom. The standard InChI is InChI=1S/C22H34FN3O4Si/c1-15(27)24-11-17-12-26(20(28)29-17)16-8-9-19(18(23)10-16)25-13-22(5,14-25)30-31(6,7)21(2,3)4/h8-10,17H,11-14H2,1-7H3,(H,24,27)/t17-/m0/s1. The fourth-order valence-electron chi connectivity index (χ4n) is 3.78. The smallest absolute Gasteiger partial charge is 0.414 e. The number of cyclic esters (lactones) is 1. The third kappa shape index (κ3) is 5.03. The summed E-state index contributed by atoms with van der Waals surface area (Å²) in [6.45, 7) is 16.3. The van der Waals surface area contributed by atoms with E-state index in [2.05, 4.69) is 46.1 Å². The van der Waals surface area contributed by atoms with Crippen LogP contribution in [0, 0.1) is 5.82 Å². The van der Waals surface area contributed by atoms with Gasteiger partial charge in [0.15, 0.2) is 8.32 Å². The van der Waals surface area contributed by atoms with E-state index in [9.17, 15) is 14.0 Å². The zero-order chi connectivity index (χ0) is 23.2. The fraction of sp³-hybridized carbons (Fsp3) is 0.636. The Morgan fingerprint density at radius 3 is 2.55 bits per heavy atom. The summed E-state index contributed by atoms with van der Waals surface area (Å²) >= 11 is 0. The van der Waals surface area contributed by atoms with Crippen molar-refractivity contribution in [3.8, 4) is 0 Å². The lowest BCUT2D eigenvalue weighted by Gasteiger charge is -2.54. The van der Waals surface area contributed by atoms with E-state index in [0.29, 0.717) is 24.5 Å². The largest absolute Gasteiger partial charge is 0.442 e. The SMILES string of the molecule is CC(=O)NC[C@H]1CN(c2ccc(N3CC(C)(O[Si](C)(C)C(C)(C)C)C3)c(F)c2)C(=O)O1. The molecule has 9 heteroatoms. The minimum absolute atomic E-state index is 0.117. The molecule has 0 aromatic heterocycles. The average Bonchev–Trinajstić information content (AvgIpc) is 2.97. The van der Waals surface area contributed by atoms with Crippen LogP contribution in [0.15, 0.2) is 18.2 Å². The number of nitrogens with one attached hydrogen (secondary N) is 1. The second-order valence-corrected chi connectivity index (χ2v) is 15.1. The molecule has 172 valence electrons. The Labute approximate surface area is 185 Å². The van der Waals surface area contributed by atoms with Gasteiger partial charge in [0.2, 0.25) is 5.91 Å². The number of halogens is 1. The highest BCUT2D eigenvalue weighted by Crippen LogP contribution is 2.42. The highest BCUT2D eigenvalue weighted by atomic mass is 28.4. The average molecular weight is 452 g/mol. The predicted molar refractivity (Wildman–Crippen MR) is 122 cm³/mol. The lowest BCUT2D eigenvalue weighted by molar-refractivity contribution is -0.119. The topological polar surface area (TPSA) is 71.1 Å². The molecule has 2 aliphatic rings. The maximum atomic E-state index is 14.9. The summed E-state index contributed by atoms with van der Waals surface area (Å²) in [6.07, 6.45) is -0.996. The molecule has 7 nitrogen and oxygen atoms in total. The molecule has 0 bridgehead atoms. The van der Waals surface area contributed by atoms with Gasteiger partial charge < -0.3 is 19.4 Å². The number of ether oxygens (including phenoxy) is 1. The second-order valence-electron chi connectivity index (χ2n) is 10.4. The van der Waals surface area contributed by atoms with Crippen LogP contribution in [0.4, 0.5) is 20.6 Å². The van der Waals surface area contributed by atoms with E-state index >= 15 is 0 Å².